The fraction of sp³-hybridized carbons (Fsp3) is 0.296. The number of carbonyl (C=O) groups is 1. The average molecular weight is 545 g/mol. The highest BCUT2D eigenvalue weighted by Crippen LogP contribution is 2.38. The minimum absolute atomic E-state index is 0.0344. The number of pyridine rings is 1. The second-order valence-corrected chi connectivity index (χ2v) is 9.44. The number of hydrogen-bond acceptors (Lipinski definition) is 7. The van der Waals surface area contributed by atoms with Gasteiger partial charge in [0.15, 0.2) is 11.5 Å². The molecule has 0 spiro atoms. The van der Waals surface area contributed by atoms with Gasteiger partial charge >= 0.3 is 6.18 Å². The fourth-order valence-corrected chi connectivity index (χ4v) is 4.72. The molecule has 5 rings (SSSR count). The van der Waals surface area contributed by atoms with E-state index in [0.717, 1.165) is 6.07 Å². The number of halogens is 4. The van der Waals surface area contributed by atoms with E-state index in [2.05, 4.69) is 9.97 Å². The van der Waals surface area contributed by atoms with Crippen LogP contribution in [0.3, 0.4) is 0 Å². The maximum atomic E-state index is 13.5. The molecule has 4 aromatic rings. The molecule has 0 aliphatic carbocycles. The predicted octanol–water partition coefficient (Wildman–Crippen LogP) is 4.81. The van der Waals surface area contributed by atoms with Gasteiger partial charge in [-0.2, -0.15) is 13.2 Å². The lowest BCUT2D eigenvalue weighted by Crippen LogP contribution is -2.35. The van der Waals surface area contributed by atoms with Crippen molar-refractivity contribution >= 4 is 16.8 Å². The molecule has 39 heavy (non-hydrogen) atoms. The SMILES string of the molecule is COc1ccc(-c2nc(C(=O)N3CCC(O)(c4ccc(F)cc4)C3)c([C@H](C)N)o2)c2ccc(C(F)(F)F)nc12. The molecule has 3 heterocycles. The van der Waals surface area contributed by atoms with Crippen LogP contribution in [0, 0.1) is 5.82 Å². The summed E-state index contributed by atoms with van der Waals surface area (Å²) in [5.74, 6) is -0.817. The molecule has 1 saturated heterocycles. The number of carbonyl (C=O) groups excluding carboxylic acids is 1. The van der Waals surface area contributed by atoms with E-state index in [1.54, 1.807) is 13.0 Å². The molecule has 1 unspecified atom stereocenters. The summed E-state index contributed by atoms with van der Waals surface area (Å²) in [6.45, 7) is 1.74. The van der Waals surface area contributed by atoms with E-state index < -0.39 is 35.2 Å². The van der Waals surface area contributed by atoms with Crippen LogP contribution in [0.5, 0.6) is 5.75 Å². The number of rotatable bonds is 5. The van der Waals surface area contributed by atoms with Gasteiger partial charge in [-0.05, 0) is 55.3 Å². The number of methoxy groups -OCH3 is 1. The molecular formula is C27H24F4N4O4. The molecule has 2 aromatic heterocycles. The van der Waals surface area contributed by atoms with Gasteiger partial charge in [-0.15, -0.1) is 0 Å². The lowest BCUT2D eigenvalue weighted by Gasteiger charge is -2.23. The third kappa shape index (κ3) is 4.81. The molecule has 0 saturated carbocycles. The van der Waals surface area contributed by atoms with Gasteiger partial charge in [0.25, 0.3) is 5.91 Å². The van der Waals surface area contributed by atoms with Gasteiger partial charge in [-0.1, -0.05) is 12.1 Å². The standard InChI is InChI=1S/C27H24F4N4O4/c1-14(32)23-22(25(36)35-12-11-26(37,13-35)15-3-5-16(28)6-4-15)34-24(39-23)18-7-9-19(38-2)21-17(18)8-10-20(33-21)27(29,30)31/h3-10,14,37H,11-13,32H2,1-2H3/t14-,26?/m0/s1. The first kappa shape index (κ1) is 26.6. The number of nitrogens with zero attached hydrogens (tertiary/aromatic N) is 3. The van der Waals surface area contributed by atoms with Crippen molar-refractivity contribution in [3.8, 4) is 17.2 Å². The number of oxazole rings is 1. The summed E-state index contributed by atoms with van der Waals surface area (Å²) in [5, 5.41) is 11.4. The Morgan fingerprint density at radius 3 is 2.51 bits per heavy atom. The number of fused-ring (bicyclic) bond motifs is 1. The number of ether oxygens (including phenoxy) is 1. The zero-order valence-corrected chi connectivity index (χ0v) is 20.9. The Balaban J connectivity index is 1.53. The molecule has 0 radical (unpaired) electrons. The third-order valence-corrected chi connectivity index (χ3v) is 6.75. The number of aromatic nitrogens is 2. The van der Waals surface area contributed by atoms with E-state index in [1.165, 1.54) is 48.4 Å². The first-order chi connectivity index (χ1) is 18.4. The summed E-state index contributed by atoms with van der Waals surface area (Å²) in [5.41, 5.74) is 4.25. The van der Waals surface area contributed by atoms with Crippen LogP contribution in [0.15, 0.2) is 52.9 Å². The molecule has 2 aromatic carbocycles. The van der Waals surface area contributed by atoms with Crippen molar-refractivity contribution in [2.45, 2.75) is 31.2 Å². The van der Waals surface area contributed by atoms with Crippen LogP contribution >= 0.6 is 0 Å². The number of nitrogens with two attached hydrogens (primary N) is 1. The molecule has 1 fully saturated rings. The summed E-state index contributed by atoms with van der Waals surface area (Å²) in [4.78, 5) is 23.1. The molecule has 8 nitrogen and oxygen atoms in total. The number of likely N-dealkylation sites (tertiary alicyclic amines) is 1. The highest BCUT2D eigenvalue weighted by atomic mass is 19.4. The van der Waals surface area contributed by atoms with Crippen LogP contribution in [0.25, 0.3) is 22.4 Å². The number of aliphatic hydroxyl groups is 1. The molecule has 0 bridgehead atoms. The Morgan fingerprint density at radius 1 is 1.15 bits per heavy atom. The number of alkyl halides is 3. The van der Waals surface area contributed by atoms with Crippen molar-refractivity contribution in [1.29, 1.82) is 0 Å². The largest absolute Gasteiger partial charge is 0.494 e. The number of benzene rings is 2. The van der Waals surface area contributed by atoms with Crippen molar-refractivity contribution in [3.05, 3.63) is 77.1 Å². The maximum absolute atomic E-state index is 13.5. The van der Waals surface area contributed by atoms with E-state index >= 15 is 0 Å². The summed E-state index contributed by atoms with van der Waals surface area (Å²) >= 11 is 0. The summed E-state index contributed by atoms with van der Waals surface area (Å²) in [6, 6.07) is 9.73. The van der Waals surface area contributed by atoms with E-state index in [-0.39, 0.29) is 59.1 Å². The van der Waals surface area contributed by atoms with Gasteiger partial charge in [-0.25, -0.2) is 14.4 Å². The molecule has 1 aliphatic heterocycles. The highest BCUT2D eigenvalue weighted by molar-refractivity contribution is 5.98. The molecule has 12 heteroatoms. The zero-order valence-electron chi connectivity index (χ0n) is 20.9. The lowest BCUT2D eigenvalue weighted by atomic mass is 9.93. The van der Waals surface area contributed by atoms with E-state index in [1.807, 2.05) is 0 Å². The van der Waals surface area contributed by atoms with Gasteiger partial charge in [0.1, 0.15) is 28.4 Å². The van der Waals surface area contributed by atoms with Crippen LogP contribution in [0.2, 0.25) is 0 Å². The van der Waals surface area contributed by atoms with E-state index in [0.29, 0.717) is 5.56 Å². The molecule has 1 amide bonds. The summed E-state index contributed by atoms with van der Waals surface area (Å²) < 4.78 is 64.4. The Hall–Kier alpha value is -4.03. The minimum Gasteiger partial charge on any atom is -0.494 e. The highest BCUT2D eigenvalue weighted by Gasteiger charge is 2.41. The van der Waals surface area contributed by atoms with Gasteiger partial charge < -0.3 is 24.9 Å². The van der Waals surface area contributed by atoms with Crippen molar-refractivity contribution in [1.82, 2.24) is 14.9 Å². The predicted molar refractivity (Wildman–Crippen MR) is 132 cm³/mol. The van der Waals surface area contributed by atoms with Crippen molar-refractivity contribution in [2.24, 2.45) is 5.73 Å². The zero-order chi connectivity index (χ0) is 28.1. The summed E-state index contributed by atoms with van der Waals surface area (Å²) in [6.07, 6.45) is -4.44. The normalized spacial score (nSPS) is 18.5. The average Bonchev–Trinajstić information content (AvgIpc) is 3.52. The quantitative estimate of drug-likeness (QED) is 0.347. The Morgan fingerprint density at radius 2 is 1.87 bits per heavy atom. The second kappa shape index (κ2) is 9.62. The third-order valence-electron chi connectivity index (χ3n) is 6.75. The lowest BCUT2D eigenvalue weighted by molar-refractivity contribution is -0.140. The molecule has 3 N–H and O–H groups in total. The second-order valence-electron chi connectivity index (χ2n) is 9.44. The number of β-amino-alcohol motifs (C(OH)–C–C–N with tert-alkyl or cyclic N) is 1. The van der Waals surface area contributed by atoms with Crippen LogP contribution in [0.1, 0.15) is 46.9 Å². The van der Waals surface area contributed by atoms with Gasteiger partial charge in [0, 0.05) is 17.5 Å². The first-order valence-corrected chi connectivity index (χ1v) is 12.0. The molecular weight excluding hydrogens is 520 g/mol. The smallest absolute Gasteiger partial charge is 0.433 e. The van der Waals surface area contributed by atoms with Crippen LogP contribution < -0.4 is 10.5 Å². The van der Waals surface area contributed by atoms with Gasteiger partial charge in [-0.3, -0.25) is 4.79 Å². The maximum Gasteiger partial charge on any atom is 0.433 e. The van der Waals surface area contributed by atoms with E-state index in [4.69, 9.17) is 14.9 Å². The number of hydrogen-bond donors (Lipinski definition) is 2. The van der Waals surface area contributed by atoms with Crippen LogP contribution in [-0.4, -0.2) is 46.1 Å². The first-order valence-electron chi connectivity index (χ1n) is 12.0. The van der Waals surface area contributed by atoms with Crippen molar-refractivity contribution in [2.75, 3.05) is 20.2 Å². The molecule has 204 valence electrons. The van der Waals surface area contributed by atoms with Gasteiger partial charge in [0.2, 0.25) is 5.89 Å². The Labute approximate surface area is 220 Å². The Kier molecular flexibility index (Phi) is 6.55. The van der Waals surface area contributed by atoms with Crippen LogP contribution in [-0.2, 0) is 11.8 Å². The van der Waals surface area contributed by atoms with Gasteiger partial charge in [0.05, 0.1) is 19.7 Å². The minimum atomic E-state index is -4.66. The van der Waals surface area contributed by atoms with E-state index in [9.17, 15) is 27.5 Å². The van der Waals surface area contributed by atoms with Crippen molar-refractivity contribution in [3.63, 3.8) is 0 Å². The topological polar surface area (TPSA) is 115 Å². The monoisotopic (exact) mass is 544 g/mol. The fourth-order valence-electron chi connectivity index (χ4n) is 4.72. The number of amides is 1. The molecule has 1 aliphatic rings. The molecule has 2 atom stereocenters. The Bertz CT molecular complexity index is 1550. The van der Waals surface area contributed by atoms with Crippen molar-refractivity contribution < 1.29 is 36.6 Å². The van der Waals surface area contributed by atoms with Crippen LogP contribution in [0.4, 0.5) is 17.6 Å². The summed E-state index contributed by atoms with van der Waals surface area (Å²) in [7, 11) is 1.32.